The predicted molar refractivity (Wildman–Crippen MR) is 95.7 cm³/mol. The zero-order valence-electron chi connectivity index (χ0n) is 15.1. The van der Waals surface area contributed by atoms with Gasteiger partial charge in [-0.1, -0.05) is 39.3 Å². The molecule has 2 rings (SSSR count). The topological polar surface area (TPSA) is 69.6 Å². The molecule has 3 unspecified atom stereocenters. The number of benzene rings is 1. The Morgan fingerprint density at radius 3 is 2.58 bits per heavy atom. The second-order valence-electron chi connectivity index (χ2n) is 7.69. The maximum Gasteiger partial charge on any atom is 0.252 e. The zero-order valence-corrected chi connectivity index (χ0v) is 15.1. The van der Waals surface area contributed by atoms with Gasteiger partial charge in [0.1, 0.15) is 11.4 Å². The Morgan fingerprint density at radius 2 is 1.96 bits per heavy atom. The molecule has 0 saturated heterocycles. The summed E-state index contributed by atoms with van der Waals surface area (Å²) in [6.07, 6.45) is 4.20. The highest BCUT2D eigenvalue weighted by Crippen LogP contribution is 2.41. The molecule has 1 fully saturated rings. The Balaban J connectivity index is 1.86. The lowest BCUT2D eigenvalue weighted by Gasteiger charge is -2.43. The number of carbonyl (C=O) groups excluding carboxylic acids is 1. The van der Waals surface area contributed by atoms with E-state index in [4.69, 9.17) is 0 Å². The van der Waals surface area contributed by atoms with Crippen LogP contribution in [0, 0.1) is 17.8 Å². The zero-order chi connectivity index (χ0) is 17.7. The van der Waals surface area contributed by atoms with Crippen LogP contribution in [0.3, 0.4) is 0 Å². The van der Waals surface area contributed by atoms with Crippen LogP contribution in [0.5, 0.6) is 5.75 Å². The number of hydrogen-bond donors (Lipinski definition) is 3. The van der Waals surface area contributed by atoms with E-state index in [0.717, 1.165) is 31.2 Å². The Morgan fingerprint density at radius 1 is 1.29 bits per heavy atom. The van der Waals surface area contributed by atoms with Gasteiger partial charge >= 0.3 is 0 Å². The van der Waals surface area contributed by atoms with Crippen LogP contribution in [0.1, 0.15) is 52.0 Å². The normalized spacial score (nSPS) is 27.2. The van der Waals surface area contributed by atoms with Crippen molar-refractivity contribution in [3.05, 3.63) is 29.8 Å². The van der Waals surface area contributed by atoms with Gasteiger partial charge in [0.25, 0.3) is 5.91 Å². The van der Waals surface area contributed by atoms with Crippen LogP contribution in [-0.2, 0) is 11.2 Å². The molecule has 4 nitrogen and oxygen atoms in total. The molecule has 1 saturated carbocycles. The number of aliphatic hydroxyl groups is 1. The number of aryl methyl sites for hydroxylation is 1. The Labute approximate surface area is 145 Å². The predicted octanol–water partition coefficient (Wildman–Crippen LogP) is 3.26. The van der Waals surface area contributed by atoms with Gasteiger partial charge in [-0.05, 0) is 61.1 Å². The third kappa shape index (κ3) is 4.50. The lowest BCUT2D eigenvalue weighted by atomic mass is 9.66. The first-order valence-electron chi connectivity index (χ1n) is 9.11. The van der Waals surface area contributed by atoms with E-state index in [9.17, 15) is 15.0 Å². The molecule has 0 aromatic heterocycles. The van der Waals surface area contributed by atoms with Crippen molar-refractivity contribution >= 4 is 5.91 Å². The summed E-state index contributed by atoms with van der Waals surface area (Å²) >= 11 is 0. The van der Waals surface area contributed by atoms with Crippen LogP contribution in [0.4, 0.5) is 0 Å². The second-order valence-corrected chi connectivity index (χ2v) is 7.69. The van der Waals surface area contributed by atoms with Crippen molar-refractivity contribution in [2.45, 2.75) is 58.5 Å². The van der Waals surface area contributed by atoms with Crippen LogP contribution < -0.4 is 5.32 Å². The summed E-state index contributed by atoms with van der Waals surface area (Å²) in [5, 5.41) is 23.3. The van der Waals surface area contributed by atoms with E-state index in [1.807, 2.05) is 12.1 Å². The first-order chi connectivity index (χ1) is 11.3. The highest BCUT2D eigenvalue weighted by molar-refractivity contribution is 5.85. The molecule has 1 aromatic rings. The maximum atomic E-state index is 12.6. The van der Waals surface area contributed by atoms with Crippen LogP contribution >= 0.6 is 0 Å². The molecule has 0 radical (unpaired) electrons. The fraction of sp³-hybridized carbons (Fsp3) is 0.650. The monoisotopic (exact) mass is 333 g/mol. The minimum Gasteiger partial charge on any atom is -0.508 e. The molecule has 0 bridgehead atoms. The number of phenols is 1. The Hall–Kier alpha value is -1.55. The first kappa shape index (κ1) is 18.8. The summed E-state index contributed by atoms with van der Waals surface area (Å²) in [4.78, 5) is 12.6. The molecular formula is C20H31NO3. The largest absolute Gasteiger partial charge is 0.508 e. The molecule has 24 heavy (non-hydrogen) atoms. The van der Waals surface area contributed by atoms with Crippen molar-refractivity contribution in [1.82, 2.24) is 5.32 Å². The standard InChI is InChI=1S/C20H31NO3/c1-14(2)18-11-6-15(3)13-20(18,24)19(23)21-12-4-5-16-7-9-17(22)10-8-16/h7-10,14-15,18,22,24H,4-6,11-13H2,1-3H3,(H,21,23). The number of hydrogen-bond acceptors (Lipinski definition) is 3. The number of carbonyl (C=O) groups is 1. The van der Waals surface area contributed by atoms with Crippen molar-refractivity contribution in [3.8, 4) is 5.75 Å². The Bertz CT molecular complexity index is 540. The highest BCUT2D eigenvalue weighted by atomic mass is 16.3. The summed E-state index contributed by atoms with van der Waals surface area (Å²) in [5.41, 5.74) is -0.100. The molecule has 3 atom stereocenters. The third-order valence-corrected chi connectivity index (χ3v) is 5.31. The first-order valence-corrected chi connectivity index (χ1v) is 9.11. The van der Waals surface area contributed by atoms with E-state index in [1.54, 1.807) is 12.1 Å². The van der Waals surface area contributed by atoms with E-state index in [0.29, 0.717) is 24.8 Å². The summed E-state index contributed by atoms with van der Waals surface area (Å²) < 4.78 is 0. The molecule has 0 spiro atoms. The number of amides is 1. The minimum absolute atomic E-state index is 0.0331. The number of rotatable bonds is 6. The van der Waals surface area contributed by atoms with E-state index in [2.05, 4.69) is 26.1 Å². The van der Waals surface area contributed by atoms with Crippen LogP contribution in [0.15, 0.2) is 24.3 Å². The van der Waals surface area contributed by atoms with E-state index in [-0.39, 0.29) is 17.6 Å². The summed E-state index contributed by atoms with van der Waals surface area (Å²) in [7, 11) is 0. The van der Waals surface area contributed by atoms with Gasteiger partial charge in [-0.25, -0.2) is 0 Å². The summed E-state index contributed by atoms with van der Waals surface area (Å²) in [6, 6.07) is 7.13. The van der Waals surface area contributed by atoms with Crippen molar-refractivity contribution < 1.29 is 15.0 Å². The molecule has 4 heteroatoms. The van der Waals surface area contributed by atoms with Gasteiger partial charge in [-0.2, -0.15) is 0 Å². The SMILES string of the molecule is CC1CCC(C(C)C)C(O)(C(=O)NCCCc2ccc(O)cc2)C1. The quantitative estimate of drug-likeness (QED) is 0.700. The van der Waals surface area contributed by atoms with Crippen molar-refractivity contribution in [2.75, 3.05) is 6.54 Å². The molecule has 134 valence electrons. The van der Waals surface area contributed by atoms with Crippen LogP contribution in [-0.4, -0.2) is 28.3 Å². The average molecular weight is 333 g/mol. The van der Waals surface area contributed by atoms with Crippen molar-refractivity contribution in [2.24, 2.45) is 17.8 Å². The van der Waals surface area contributed by atoms with Crippen LogP contribution in [0.2, 0.25) is 0 Å². The van der Waals surface area contributed by atoms with Crippen LogP contribution in [0.25, 0.3) is 0 Å². The van der Waals surface area contributed by atoms with Crippen molar-refractivity contribution in [3.63, 3.8) is 0 Å². The molecule has 1 aromatic carbocycles. The Kier molecular flexibility index (Phi) is 6.27. The van der Waals surface area contributed by atoms with Gasteiger partial charge in [-0.15, -0.1) is 0 Å². The van der Waals surface area contributed by atoms with E-state index >= 15 is 0 Å². The minimum atomic E-state index is -1.23. The molecule has 0 heterocycles. The molecule has 1 aliphatic carbocycles. The number of phenolic OH excluding ortho intramolecular Hbond substituents is 1. The van der Waals surface area contributed by atoms with Gasteiger partial charge in [0.05, 0.1) is 0 Å². The fourth-order valence-electron chi connectivity index (χ4n) is 3.94. The van der Waals surface area contributed by atoms with E-state index < -0.39 is 5.60 Å². The van der Waals surface area contributed by atoms with Gasteiger partial charge < -0.3 is 15.5 Å². The average Bonchev–Trinajstić information content (AvgIpc) is 2.52. The maximum absolute atomic E-state index is 12.6. The lowest BCUT2D eigenvalue weighted by molar-refractivity contribution is -0.155. The van der Waals surface area contributed by atoms with Gasteiger partial charge in [0.15, 0.2) is 0 Å². The molecule has 1 aliphatic rings. The number of aromatic hydroxyl groups is 1. The molecule has 0 aliphatic heterocycles. The van der Waals surface area contributed by atoms with Crippen molar-refractivity contribution in [1.29, 1.82) is 0 Å². The third-order valence-electron chi connectivity index (χ3n) is 5.31. The fourth-order valence-corrected chi connectivity index (χ4v) is 3.94. The molecule has 3 N–H and O–H groups in total. The van der Waals surface area contributed by atoms with Gasteiger partial charge in [0, 0.05) is 6.54 Å². The smallest absolute Gasteiger partial charge is 0.252 e. The molecular weight excluding hydrogens is 302 g/mol. The summed E-state index contributed by atoms with van der Waals surface area (Å²) in [6.45, 7) is 6.84. The second kappa shape index (κ2) is 8.02. The number of nitrogens with one attached hydrogen (secondary N) is 1. The lowest BCUT2D eigenvalue weighted by Crippen LogP contribution is -2.56. The van der Waals surface area contributed by atoms with E-state index in [1.165, 1.54) is 0 Å². The van der Waals surface area contributed by atoms with Gasteiger partial charge in [0.2, 0.25) is 0 Å². The van der Waals surface area contributed by atoms with Gasteiger partial charge in [-0.3, -0.25) is 4.79 Å². The highest BCUT2D eigenvalue weighted by Gasteiger charge is 2.48. The summed E-state index contributed by atoms with van der Waals surface area (Å²) in [5.74, 6) is 0.766. The molecule has 1 amide bonds.